The van der Waals surface area contributed by atoms with Crippen LogP contribution in [0, 0.1) is 0 Å². The summed E-state index contributed by atoms with van der Waals surface area (Å²) < 4.78 is 0. The summed E-state index contributed by atoms with van der Waals surface area (Å²) in [6.07, 6.45) is 7.20. The maximum atomic E-state index is 9.92. The van der Waals surface area contributed by atoms with Crippen LogP contribution in [0.3, 0.4) is 0 Å². The standard InChI is InChI=1S/C19H24ClN7O/c1-4-7-22-19-11(2)17(20)18(25-19)15-9-16(24-10-23-12(3)21)27(26-15)13-5-6-14(28)8-13/h4,7,10,13-14,28H,2-3,5-6,8-9,21H2,1H3,(H,22,25)/b7-4-,23-10-,24-16+. The summed E-state index contributed by atoms with van der Waals surface area (Å²) in [5.41, 5.74) is 7.49. The summed E-state index contributed by atoms with van der Waals surface area (Å²) in [5.74, 6) is 1.48. The van der Waals surface area contributed by atoms with Crippen LogP contribution >= 0.6 is 11.6 Å². The molecule has 3 rings (SSSR count). The van der Waals surface area contributed by atoms with Crippen LogP contribution < -0.4 is 11.1 Å². The Kier molecular flexibility index (Phi) is 6.11. The number of aliphatic hydroxyl groups excluding tert-OH is 1. The molecule has 1 saturated carbocycles. The largest absolute Gasteiger partial charge is 0.393 e. The van der Waals surface area contributed by atoms with Gasteiger partial charge in [0, 0.05) is 11.8 Å². The van der Waals surface area contributed by atoms with Gasteiger partial charge in [0.2, 0.25) is 0 Å². The second-order valence-electron chi connectivity index (χ2n) is 6.72. The molecule has 0 saturated heterocycles. The molecule has 1 aliphatic carbocycles. The van der Waals surface area contributed by atoms with Gasteiger partial charge in [0.05, 0.1) is 35.0 Å². The first-order chi connectivity index (χ1) is 13.4. The molecule has 0 spiro atoms. The van der Waals surface area contributed by atoms with Gasteiger partial charge in [-0.2, -0.15) is 5.10 Å². The van der Waals surface area contributed by atoms with Crippen LogP contribution in [0.4, 0.5) is 0 Å². The zero-order chi connectivity index (χ0) is 20.3. The van der Waals surface area contributed by atoms with Crippen molar-refractivity contribution in [2.75, 3.05) is 0 Å². The van der Waals surface area contributed by atoms with E-state index in [1.165, 1.54) is 6.34 Å². The number of nitrogens with one attached hydrogen (secondary N) is 1. The molecule has 0 aromatic carbocycles. The minimum atomic E-state index is -0.324. The van der Waals surface area contributed by atoms with Crippen molar-refractivity contribution in [3.63, 3.8) is 0 Å². The van der Waals surface area contributed by atoms with E-state index in [0.29, 0.717) is 40.8 Å². The van der Waals surface area contributed by atoms with E-state index >= 15 is 0 Å². The van der Waals surface area contributed by atoms with Gasteiger partial charge in [-0.3, -0.25) is 0 Å². The molecule has 28 heavy (non-hydrogen) atoms. The molecular formula is C19H24ClN7O. The molecule has 0 aromatic heterocycles. The van der Waals surface area contributed by atoms with Gasteiger partial charge in [-0.25, -0.2) is 20.0 Å². The number of rotatable bonds is 5. The Morgan fingerprint density at radius 1 is 1.43 bits per heavy atom. The van der Waals surface area contributed by atoms with Crippen molar-refractivity contribution in [3.05, 3.63) is 47.6 Å². The lowest BCUT2D eigenvalue weighted by atomic mass is 10.1. The van der Waals surface area contributed by atoms with Crippen LogP contribution in [0.5, 0.6) is 0 Å². The highest BCUT2D eigenvalue weighted by Gasteiger charge is 2.37. The Morgan fingerprint density at radius 3 is 2.86 bits per heavy atom. The molecular weight excluding hydrogens is 378 g/mol. The Bertz CT molecular complexity index is 866. The predicted octanol–water partition coefficient (Wildman–Crippen LogP) is 2.36. The number of allylic oxidation sites excluding steroid dienone is 2. The van der Waals surface area contributed by atoms with Crippen LogP contribution in [0.25, 0.3) is 0 Å². The molecule has 2 heterocycles. The number of aliphatic hydroxyl groups is 1. The van der Waals surface area contributed by atoms with Crippen molar-refractivity contribution >= 4 is 35.3 Å². The van der Waals surface area contributed by atoms with Crippen molar-refractivity contribution in [2.24, 2.45) is 25.8 Å². The molecule has 0 amide bonds. The molecule has 148 valence electrons. The summed E-state index contributed by atoms with van der Waals surface area (Å²) in [5, 5.41) is 20.2. The van der Waals surface area contributed by atoms with Crippen LogP contribution in [-0.4, -0.2) is 46.0 Å². The van der Waals surface area contributed by atoms with E-state index in [4.69, 9.17) is 22.4 Å². The zero-order valence-electron chi connectivity index (χ0n) is 15.8. The highest BCUT2D eigenvalue weighted by molar-refractivity contribution is 6.41. The van der Waals surface area contributed by atoms with E-state index in [9.17, 15) is 5.11 Å². The minimum Gasteiger partial charge on any atom is -0.393 e. The smallest absolute Gasteiger partial charge is 0.138 e. The number of amidine groups is 2. The fourth-order valence-electron chi connectivity index (χ4n) is 3.28. The first kappa shape index (κ1) is 20.0. The van der Waals surface area contributed by atoms with Crippen molar-refractivity contribution in [1.82, 2.24) is 10.3 Å². The number of hydrogen-bond acceptors (Lipinski definition) is 5. The molecule has 0 radical (unpaired) electrons. The molecule has 9 heteroatoms. The summed E-state index contributed by atoms with van der Waals surface area (Å²) in [6, 6.07) is 0.0703. The van der Waals surface area contributed by atoms with Crippen LogP contribution in [0.2, 0.25) is 0 Å². The molecule has 4 N–H and O–H groups in total. The fourth-order valence-corrected chi connectivity index (χ4v) is 3.52. The summed E-state index contributed by atoms with van der Waals surface area (Å²) in [7, 11) is 0. The lowest BCUT2D eigenvalue weighted by Gasteiger charge is -2.22. The number of halogens is 1. The molecule has 0 bridgehead atoms. The SMILES string of the molecule is C=C(N)/N=C\N=C1/CC(C2=C(Cl)C(=C)/C(=N\C=C/C)N2)=NN1C1CCC(O)C1. The molecule has 2 atom stereocenters. The topological polar surface area (TPSA) is 111 Å². The predicted molar refractivity (Wildman–Crippen MR) is 114 cm³/mol. The summed E-state index contributed by atoms with van der Waals surface area (Å²) in [6.45, 7) is 9.40. The molecule has 0 aromatic rings. The van der Waals surface area contributed by atoms with E-state index in [2.05, 4.69) is 33.5 Å². The minimum absolute atomic E-state index is 0.0703. The van der Waals surface area contributed by atoms with E-state index in [-0.39, 0.29) is 18.0 Å². The Morgan fingerprint density at radius 2 is 2.21 bits per heavy atom. The first-order valence-corrected chi connectivity index (χ1v) is 9.42. The van der Waals surface area contributed by atoms with E-state index < -0.39 is 0 Å². The molecule has 1 fully saturated rings. The first-order valence-electron chi connectivity index (χ1n) is 9.04. The number of hydrogen-bond donors (Lipinski definition) is 3. The maximum absolute atomic E-state index is 9.92. The van der Waals surface area contributed by atoms with Gasteiger partial charge in [0.25, 0.3) is 0 Å². The lowest BCUT2D eigenvalue weighted by molar-refractivity contribution is 0.172. The van der Waals surface area contributed by atoms with Crippen LogP contribution in [-0.2, 0) is 0 Å². The van der Waals surface area contributed by atoms with Gasteiger partial charge in [-0.1, -0.05) is 30.8 Å². The Hall–Kier alpha value is -2.71. The van der Waals surface area contributed by atoms with E-state index in [1.807, 2.05) is 18.0 Å². The molecule has 3 aliphatic rings. The highest BCUT2D eigenvalue weighted by Crippen LogP contribution is 2.32. The van der Waals surface area contributed by atoms with E-state index in [0.717, 1.165) is 18.6 Å². The normalized spacial score (nSPS) is 28.5. The zero-order valence-corrected chi connectivity index (χ0v) is 16.5. The third-order valence-corrected chi connectivity index (χ3v) is 5.04. The van der Waals surface area contributed by atoms with Crippen LogP contribution in [0.1, 0.15) is 32.6 Å². The second kappa shape index (κ2) is 8.53. The Balaban J connectivity index is 1.89. The van der Waals surface area contributed by atoms with Crippen molar-refractivity contribution < 1.29 is 5.11 Å². The average Bonchev–Trinajstić information content (AvgIpc) is 3.33. The monoisotopic (exact) mass is 401 g/mol. The number of nitrogens with zero attached hydrogens (tertiary/aromatic N) is 5. The molecule has 2 unspecified atom stereocenters. The van der Waals surface area contributed by atoms with Crippen LogP contribution in [0.15, 0.2) is 67.6 Å². The summed E-state index contributed by atoms with van der Waals surface area (Å²) in [4.78, 5) is 12.6. The average molecular weight is 402 g/mol. The van der Waals surface area contributed by atoms with Crippen molar-refractivity contribution in [3.8, 4) is 0 Å². The third-order valence-electron chi connectivity index (χ3n) is 4.63. The lowest BCUT2D eigenvalue weighted by Crippen LogP contribution is -2.31. The molecule has 8 nitrogen and oxygen atoms in total. The summed E-state index contributed by atoms with van der Waals surface area (Å²) >= 11 is 6.49. The van der Waals surface area contributed by atoms with Crippen molar-refractivity contribution in [1.29, 1.82) is 0 Å². The van der Waals surface area contributed by atoms with Gasteiger partial charge in [0.1, 0.15) is 23.8 Å². The molecule has 2 aliphatic heterocycles. The van der Waals surface area contributed by atoms with Gasteiger partial charge >= 0.3 is 0 Å². The quantitative estimate of drug-likeness (QED) is 0.485. The number of aliphatic imine (C=N–C) groups is 3. The van der Waals surface area contributed by atoms with Gasteiger partial charge < -0.3 is 16.2 Å². The van der Waals surface area contributed by atoms with Gasteiger partial charge in [0.15, 0.2) is 0 Å². The van der Waals surface area contributed by atoms with E-state index in [1.54, 1.807) is 6.20 Å². The van der Waals surface area contributed by atoms with Gasteiger partial charge in [-0.15, -0.1) is 0 Å². The maximum Gasteiger partial charge on any atom is 0.138 e. The highest BCUT2D eigenvalue weighted by atomic mass is 35.5. The van der Waals surface area contributed by atoms with Crippen molar-refractivity contribution in [2.45, 2.75) is 44.8 Å². The number of nitrogens with two attached hydrogens (primary N) is 1. The number of hydrazone groups is 1. The van der Waals surface area contributed by atoms with Gasteiger partial charge in [-0.05, 0) is 26.2 Å². The third kappa shape index (κ3) is 4.23. The fraction of sp³-hybridized carbons (Fsp3) is 0.368. The Labute approximate surface area is 169 Å². The second-order valence-corrected chi connectivity index (χ2v) is 7.10.